The fourth-order valence-electron chi connectivity index (χ4n) is 6.89. The lowest BCUT2D eigenvalue weighted by molar-refractivity contribution is -0.155. The van der Waals surface area contributed by atoms with Crippen molar-refractivity contribution in [2.45, 2.75) is 6.42 Å². The van der Waals surface area contributed by atoms with E-state index < -0.39 is 0 Å². The molecule has 6 saturated carbocycles. The Morgan fingerprint density at radius 3 is 1.79 bits per heavy atom. The van der Waals surface area contributed by atoms with Crippen molar-refractivity contribution in [2.24, 2.45) is 46.3 Å². The third kappa shape index (κ3) is 0.220. The summed E-state index contributed by atoms with van der Waals surface area (Å²) >= 11 is 0. The number of rotatable bonds is 0. The summed E-state index contributed by atoms with van der Waals surface area (Å²) in [6, 6.07) is 0. The van der Waals surface area contributed by atoms with Crippen molar-refractivity contribution >= 4 is 11.9 Å². The first kappa shape index (κ1) is 5.89. The topological polar surface area (TPSA) is 43.4 Å². The second-order valence-electron chi connectivity index (χ2n) is 6.08. The van der Waals surface area contributed by atoms with Crippen LogP contribution in [0.4, 0.5) is 0 Å². The van der Waals surface area contributed by atoms with Gasteiger partial charge in [0.1, 0.15) is 0 Å². The molecule has 0 N–H and O–H groups in total. The van der Waals surface area contributed by atoms with E-state index in [4.69, 9.17) is 4.74 Å². The summed E-state index contributed by atoms with van der Waals surface area (Å²) in [4.78, 5) is 23.6. The molecule has 1 saturated heterocycles. The van der Waals surface area contributed by atoms with Gasteiger partial charge >= 0.3 is 11.9 Å². The molecule has 1 aliphatic heterocycles. The monoisotopic (exact) mass is 188 g/mol. The lowest BCUT2D eigenvalue weighted by Crippen LogP contribution is -2.21. The van der Waals surface area contributed by atoms with Crippen LogP contribution in [0.25, 0.3) is 0 Å². The normalized spacial score (nSPS) is 82.0. The molecular weight excluding hydrogens is 180 g/mol. The van der Waals surface area contributed by atoms with Gasteiger partial charge in [-0.15, -0.1) is 0 Å². The molecule has 3 nitrogen and oxygen atoms in total. The van der Waals surface area contributed by atoms with Crippen molar-refractivity contribution in [1.82, 2.24) is 0 Å². The molecule has 8 atom stereocenters. The molecule has 1 heterocycles. The molecule has 0 aromatic carbocycles. The van der Waals surface area contributed by atoms with Crippen LogP contribution in [0, 0.1) is 46.3 Å². The Morgan fingerprint density at radius 2 is 1.36 bits per heavy atom. The van der Waals surface area contributed by atoms with Crippen LogP contribution in [-0.4, -0.2) is 11.9 Å². The van der Waals surface area contributed by atoms with Gasteiger partial charge in [0.05, 0.1) is 10.8 Å². The fraction of sp³-hybridized carbons (Fsp3) is 0.818. The number of carbonyl (C=O) groups is 2. The maximum Gasteiger partial charge on any atom is 0.321 e. The van der Waals surface area contributed by atoms with Gasteiger partial charge in [-0.3, -0.25) is 9.59 Å². The first-order valence-corrected chi connectivity index (χ1v) is 5.54. The Balaban J connectivity index is 1.83. The maximum absolute atomic E-state index is 11.8. The van der Waals surface area contributed by atoms with Crippen molar-refractivity contribution in [3.8, 4) is 0 Å². The van der Waals surface area contributed by atoms with Crippen molar-refractivity contribution in [3.05, 3.63) is 0 Å². The van der Waals surface area contributed by atoms with Crippen LogP contribution in [-0.2, 0) is 14.3 Å². The van der Waals surface area contributed by atoms with Gasteiger partial charge in [0.2, 0.25) is 0 Å². The number of carbonyl (C=O) groups excluding carboxylic acids is 2. The molecule has 2 spiro atoms. The van der Waals surface area contributed by atoms with Crippen LogP contribution in [0.15, 0.2) is 0 Å². The second kappa shape index (κ2) is 1.09. The fourth-order valence-corrected chi connectivity index (χ4v) is 6.89. The SMILES string of the molecule is O=C1OC(=O)C23[C@@H]4C5CC([C@@H]6[C@H]5C162)[C@@H]43. The van der Waals surface area contributed by atoms with Gasteiger partial charge < -0.3 is 4.74 Å². The first-order chi connectivity index (χ1) is 6.77. The van der Waals surface area contributed by atoms with E-state index in [0.29, 0.717) is 23.7 Å². The third-order valence-corrected chi connectivity index (χ3v) is 6.59. The first-order valence-electron chi connectivity index (χ1n) is 5.54. The van der Waals surface area contributed by atoms with E-state index >= 15 is 0 Å². The van der Waals surface area contributed by atoms with Crippen molar-refractivity contribution in [1.29, 1.82) is 0 Å². The highest BCUT2D eigenvalue weighted by Gasteiger charge is 3.11. The van der Waals surface area contributed by atoms with Gasteiger partial charge in [-0.2, -0.15) is 0 Å². The van der Waals surface area contributed by atoms with Crippen LogP contribution in [0.1, 0.15) is 6.42 Å². The molecule has 0 aromatic heterocycles. The quantitative estimate of drug-likeness (QED) is 0.403. The van der Waals surface area contributed by atoms with Crippen LogP contribution in [0.3, 0.4) is 0 Å². The van der Waals surface area contributed by atoms with Crippen molar-refractivity contribution in [2.75, 3.05) is 0 Å². The zero-order valence-corrected chi connectivity index (χ0v) is 7.40. The smallest absolute Gasteiger partial charge is 0.321 e. The highest BCUT2D eigenvalue weighted by molar-refractivity contribution is 6.10. The predicted octanol–water partition coefficient (Wildman–Crippen LogP) is 0.198. The largest absolute Gasteiger partial charge is 0.392 e. The van der Waals surface area contributed by atoms with E-state index in [0.717, 1.165) is 11.8 Å². The lowest BCUT2D eigenvalue weighted by atomic mass is 9.88. The summed E-state index contributed by atoms with van der Waals surface area (Å²) in [5, 5.41) is 0. The Kier molecular flexibility index (Phi) is 0.459. The Morgan fingerprint density at radius 1 is 0.929 bits per heavy atom. The molecule has 2 bridgehead atoms. The van der Waals surface area contributed by atoms with Gasteiger partial charge in [-0.1, -0.05) is 0 Å². The van der Waals surface area contributed by atoms with E-state index in [1.807, 2.05) is 0 Å². The molecular formula is C11H8O3. The van der Waals surface area contributed by atoms with E-state index in [2.05, 4.69) is 0 Å². The molecule has 0 amide bonds. The van der Waals surface area contributed by atoms with E-state index in [1.165, 1.54) is 6.42 Å². The highest BCUT2D eigenvalue weighted by atomic mass is 16.6. The molecule has 7 rings (SSSR count). The van der Waals surface area contributed by atoms with E-state index in [-0.39, 0.29) is 22.8 Å². The summed E-state index contributed by atoms with van der Waals surface area (Å²) in [5.74, 6) is 3.45. The van der Waals surface area contributed by atoms with Gasteiger partial charge in [-0.05, 0) is 41.9 Å². The number of esters is 2. The minimum atomic E-state index is -0.243. The molecule has 0 aromatic rings. The minimum Gasteiger partial charge on any atom is -0.392 e. The van der Waals surface area contributed by atoms with Crippen LogP contribution < -0.4 is 0 Å². The summed E-state index contributed by atoms with van der Waals surface area (Å²) < 4.78 is 4.91. The van der Waals surface area contributed by atoms with Crippen LogP contribution >= 0.6 is 0 Å². The summed E-state index contributed by atoms with van der Waals surface area (Å²) in [6.07, 6.45) is 1.31. The number of cyclic esters (lactones) is 2. The number of hydrogen-bond acceptors (Lipinski definition) is 3. The Bertz CT molecular complexity index is 417. The van der Waals surface area contributed by atoms with Crippen molar-refractivity contribution in [3.63, 3.8) is 0 Å². The standard InChI is InChI=1S/C11H8O3/c12-8-10-4-2-1-3(6(4)10)7-5(2)11(7,10)9(13)14-8/h2-7H,1H2/t2?,3?,4-,5+,6+,7-,10?,11?. The minimum absolute atomic E-state index is 0.144. The summed E-state index contributed by atoms with van der Waals surface area (Å²) in [6.45, 7) is 0. The average Bonchev–Trinajstić information content (AvgIpc) is 2.85. The summed E-state index contributed by atoms with van der Waals surface area (Å²) in [5.41, 5.74) is -0.486. The molecule has 6 aliphatic carbocycles. The van der Waals surface area contributed by atoms with E-state index in [9.17, 15) is 9.59 Å². The van der Waals surface area contributed by atoms with Gasteiger partial charge in [-0.25, -0.2) is 0 Å². The Labute approximate surface area is 79.8 Å². The lowest BCUT2D eigenvalue weighted by Gasteiger charge is -2.05. The predicted molar refractivity (Wildman–Crippen MR) is 41.5 cm³/mol. The molecule has 7 fully saturated rings. The summed E-state index contributed by atoms with van der Waals surface area (Å²) in [7, 11) is 0. The molecule has 14 heavy (non-hydrogen) atoms. The zero-order valence-electron chi connectivity index (χ0n) is 7.40. The third-order valence-electron chi connectivity index (χ3n) is 6.59. The zero-order chi connectivity index (χ0) is 9.03. The van der Waals surface area contributed by atoms with Gasteiger partial charge in [0, 0.05) is 0 Å². The van der Waals surface area contributed by atoms with Crippen LogP contribution in [0.2, 0.25) is 0 Å². The van der Waals surface area contributed by atoms with E-state index in [1.54, 1.807) is 0 Å². The van der Waals surface area contributed by atoms with Gasteiger partial charge in [0.15, 0.2) is 0 Å². The number of hydrogen-bond donors (Lipinski definition) is 0. The maximum atomic E-state index is 11.8. The van der Waals surface area contributed by atoms with Gasteiger partial charge in [0.25, 0.3) is 0 Å². The molecule has 3 heteroatoms. The molecule has 0 radical (unpaired) electrons. The highest BCUT2D eigenvalue weighted by Crippen LogP contribution is 3.06. The second-order valence-corrected chi connectivity index (χ2v) is 6.08. The van der Waals surface area contributed by atoms with Crippen LogP contribution in [0.5, 0.6) is 0 Å². The Hall–Kier alpha value is -0.860. The molecule has 4 unspecified atom stereocenters. The van der Waals surface area contributed by atoms with Crippen molar-refractivity contribution < 1.29 is 14.3 Å². The number of ether oxygens (including phenoxy) is 1. The average molecular weight is 188 g/mol. The molecule has 70 valence electrons. The molecule has 7 aliphatic rings.